The van der Waals surface area contributed by atoms with Crippen LogP contribution in [-0.2, 0) is 19.6 Å². The Balaban J connectivity index is 1.49. The van der Waals surface area contributed by atoms with Gasteiger partial charge in [0.25, 0.3) is 0 Å². The Morgan fingerprint density at radius 3 is 2.52 bits per heavy atom. The molecule has 1 aliphatic heterocycles. The second-order valence-electron chi connectivity index (χ2n) is 7.91. The highest BCUT2D eigenvalue weighted by molar-refractivity contribution is 7.89. The molecule has 0 radical (unpaired) electrons. The number of sulfonamides is 1. The average molecular weight is 450 g/mol. The molecular formula is C22H31N3O5S. The minimum Gasteiger partial charge on any atom is -0.497 e. The Morgan fingerprint density at radius 2 is 1.84 bits per heavy atom. The molecule has 0 aromatic heterocycles. The number of carbonyl (C=O) groups is 2. The third-order valence-corrected chi connectivity index (χ3v) is 7.78. The summed E-state index contributed by atoms with van der Waals surface area (Å²) in [6, 6.07) is 5.85. The molecule has 1 aromatic rings. The molecule has 1 aliphatic carbocycles. The molecule has 0 saturated carbocycles. The molecule has 8 nitrogen and oxygen atoms in total. The van der Waals surface area contributed by atoms with Crippen LogP contribution in [0.1, 0.15) is 44.9 Å². The van der Waals surface area contributed by atoms with Gasteiger partial charge in [0.05, 0.1) is 12.0 Å². The van der Waals surface area contributed by atoms with Gasteiger partial charge in [0.1, 0.15) is 5.75 Å². The van der Waals surface area contributed by atoms with Crippen LogP contribution < -0.4 is 15.4 Å². The molecule has 2 amide bonds. The van der Waals surface area contributed by atoms with Gasteiger partial charge in [-0.1, -0.05) is 11.6 Å². The van der Waals surface area contributed by atoms with E-state index < -0.39 is 21.8 Å². The fourth-order valence-corrected chi connectivity index (χ4v) is 5.74. The number of hydrogen-bond acceptors (Lipinski definition) is 5. The first kappa shape index (κ1) is 23.3. The first-order valence-corrected chi connectivity index (χ1v) is 12.3. The van der Waals surface area contributed by atoms with Gasteiger partial charge >= 0.3 is 11.8 Å². The maximum Gasteiger partial charge on any atom is 0.309 e. The Kier molecular flexibility index (Phi) is 8.09. The summed E-state index contributed by atoms with van der Waals surface area (Å²) in [5.74, 6) is -0.833. The number of ether oxygens (including phenoxy) is 1. The Hall–Kier alpha value is -2.39. The van der Waals surface area contributed by atoms with E-state index in [4.69, 9.17) is 4.74 Å². The molecule has 1 atom stereocenters. The third-order valence-electron chi connectivity index (χ3n) is 5.81. The van der Waals surface area contributed by atoms with E-state index in [0.717, 1.165) is 19.3 Å². The lowest BCUT2D eigenvalue weighted by Gasteiger charge is -2.24. The van der Waals surface area contributed by atoms with Gasteiger partial charge in [0.15, 0.2) is 0 Å². The molecule has 170 valence electrons. The van der Waals surface area contributed by atoms with Crippen molar-refractivity contribution in [3.05, 3.63) is 35.9 Å². The highest BCUT2D eigenvalue weighted by Crippen LogP contribution is 2.27. The van der Waals surface area contributed by atoms with E-state index in [-0.39, 0.29) is 17.5 Å². The molecule has 1 heterocycles. The first-order valence-electron chi connectivity index (χ1n) is 10.8. The van der Waals surface area contributed by atoms with Gasteiger partial charge < -0.3 is 15.4 Å². The molecule has 31 heavy (non-hydrogen) atoms. The molecule has 0 bridgehead atoms. The SMILES string of the molecule is COc1ccc(S(=O)(=O)N2CCCC2CNC(=O)C(=O)NCCC2=CCCCC2)cc1. The lowest BCUT2D eigenvalue weighted by molar-refractivity contribution is -0.139. The number of nitrogens with zero attached hydrogens (tertiary/aromatic N) is 1. The van der Waals surface area contributed by atoms with Crippen molar-refractivity contribution in [1.82, 2.24) is 14.9 Å². The summed E-state index contributed by atoms with van der Waals surface area (Å²) < 4.78 is 32.5. The van der Waals surface area contributed by atoms with Crippen LogP contribution >= 0.6 is 0 Å². The second-order valence-corrected chi connectivity index (χ2v) is 9.80. The van der Waals surface area contributed by atoms with Gasteiger partial charge in [0.2, 0.25) is 10.0 Å². The van der Waals surface area contributed by atoms with Crippen molar-refractivity contribution in [2.75, 3.05) is 26.7 Å². The average Bonchev–Trinajstić information content (AvgIpc) is 3.27. The molecule has 1 fully saturated rings. The molecule has 1 unspecified atom stereocenters. The lowest BCUT2D eigenvalue weighted by Crippen LogP contribution is -2.47. The van der Waals surface area contributed by atoms with Gasteiger partial charge in [0, 0.05) is 25.7 Å². The zero-order valence-electron chi connectivity index (χ0n) is 17.9. The number of amides is 2. The summed E-state index contributed by atoms with van der Waals surface area (Å²) in [7, 11) is -2.17. The highest BCUT2D eigenvalue weighted by atomic mass is 32.2. The molecule has 9 heteroatoms. The smallest absolute Gasteiger partial charge is 0.309 e. The fourth-order valence-electron chi connectivity index (χ4n) is 4.05. The molecule has 1 saturated heterocycles. The number of carbonyl (C=O) groups excluding carboxylic acids is 2. The van der Waals surface area contributed by atoms with Gasteiger partial charge in [-0.25, -0.2) is 8.42 Å². The highest BCUT2D eigenvalue weighted by Gasteiger charge is 2.35. The molecular weight excluding hydrogens is 418 g/mol. The largest absolute Gasteiger partial charge is 0.497 e. The quantitative estimate of drug-likeness (QED) is 0.466. The maximum absolute atomic E-state index is 13.0. The van der Waals surface area contributed by atoms with E-state index >= 15 is 0 Å². The van der Waals surface area contributed by atoms with Gasteiger partial charge in [-0.05, 0) is 69.2 Å². The lowest BCUT2D eigenvalue weighted by atomic mass is 9.97. The summed E-state index contributed by atoms with van der Waals surface area (Å²) in [6.45, 7) is 0.919. The second kappa shape index (κ2) is 10.8. The summed E-state index contributed by atoms with van der Waals surface area (Å²) in [5, 5.41) is 5.24. The summed E-state index contributed by atoms with van der Waals surface area (Å²) in [6.07, 6.45) is 8.84. The van der Waals surface area contributed by atoms with Crippen LogP contribution in [0.3, 0.4) is 0 Å². The van der Waals surface area contributed by atoms with Crippen molar-refractivity contribution in [3.63, 3.8) is 0 Å². The van der Waals surface area contributed by atoms with E-state index in [9.17, 15) is 18.0 Å². The van der Waals surface area contributed by atoms with E-state index in [0.29, 0.717) is 31.7 Å². The van der Waals surface area contributed by atoms with E-state index in [2.05, 4.69) is 16.7 Å². The Morgan fingerprint density at radius 1 is 1.10 bits per heavy atom. The van der Waals surface area contributed by atoms with E-state index in [1.54, 1.807) is 12.1 Å². The van der Waals surface area contributed by atoms with Crippen LogP contribution in [0.2, 0.25) is 0 Å². The standard InChI is InChI=1S/C22H31N3O5S/c1-30-19-9-11-20(12-10-19)31(28,29)25-15-5-8-18(25)16-24-22(27)21(26)23-14-13-17-6-3-2-4-7-17/h6,9-12,18H,2-5,7-8,13-16H2,1H3,(H,23,26)(H,24,27). The first-order chi connectivity index (χ1) is 14.9. The predicted octanol–water partition coefficient (Wildman–Crippen LogP) is 1.97. The van der Waals surface area contributed by atoms with Gasteiger partial charge in [-0.3, -0.25) is 9.59 Å². The number of rotatable bonds is 8. The van der Waals surface area contributed by atoms with Crippen LogP contribution in [0.25, 0.3) is 0 Å². The number of hydrogen-bond donors (Lipinski definition) is 2. The number of allylic oxidation sites excluding steroid dienone is 1. The zero-order valence-corrected chi connectivity index (χ0v) is 18.7. The van der Waals surface area contributed by atoms with E-state index in [1.165, 1.54) is 42.0 Å². The summed E-state index contributed by atoms with van der Waals surface area (Å²) in [5.41, 5.74) is 1.33. The monoisotopic (exact) mass is 449 g/mol. The predicted molar refractivity (Wildman–Crippen MR) is 117 cm³/mol. The van der Waals surface area contributed by atoms with Crippen LogP contribution in [0.4, 0.5) is 0 Å². The molecule has 0 spiro atoms. The zero-order chi connectivity index (χ0) is 22.3. The van der Waals surface area contributed by atoms with Crippen molar-refractivity contribution < 1.29 is 22.7 Å². The van der Waals surface area contributed by atoms with Crippen molar-refractivity contribution in [3.8, 4) is 5.75 Å². The number of nitrogens with one attached hydrogen (secondary N) is 2. The van der Waals surface area contributed by atoms with Crippen molar-refractivity contribution in [1.29, 1.82) is 0 Å². The fraction of sp³-hybridized carbons (Fsp3) is 0.545. The van der Waals surface area contributed by atoms with Crippen LogP contribution in [-0.4, -0.2) is 57.3 Å². The minimum atomic E-state index is -3.69. The normalized spacial score (nSPS) is 19.5. The van der Waals surface area contributed by atoms with Crippen molar-refractivity contribution in [2.45, 2.75) is 55.9 Å². The van der Waals surface area contributed by atoms with Crippen LogP contribution in [0, 0.1) is 0 Å². The number of benzene rings is 1. The number of methoxy groups -OCH3 is 1. The van der Waals surface area contributed by atoms with Crippen molar-refractivity contribution in [2.24, 2.45) is 0 Å². The molecule has 3 rings (SSSR count). The van der Waals surface area contributed by atoms with Crippen LogP contribution in [0.5, 0.6) is 5.75 Å². The van der Waals surface area contributed by atoms with Gasteiger partial charge in [-0.2, -0.15) is 4.31 Å². The van der Waals surface area contributed by atoms with E-state index in [1.807, 2.05) is 0 Å². The Bertz CT molecular complexity index is 912. The third kappa shape index (κ3) is 6.07. The maximum atomic E-state index is 13.0. The van der Waals surface area contributed by atoms with Crippen LogP contribution in [0.15, 0.2) is 40.8 Å². The molecule has 1 aromatic carbocycles. The molecule has 2 aliphatic rings. The summed E-state index contributed by atoms with van der Waals surface area (Å²) in [4.78, 5) is 24.4. The van der Waals surface area contributed by atoms with Crippen molar-refractivity contribution >= 4 is 21.8 Å². The Labute approximate surface area is 184 Å². The van der Waals surface area contributed by atoms with Gasteiger partial charge in [-0.15, -0.1) is 0 Å². The topological polar surface area (TPSA) is 105 Å². The molecule has 2 N–H and O–H groups in total. The minimum absolute atomic E-state index is 0.104. The summed E-state index contributed by atoms with van der Waals surface area (Å²) >= 11 is 0.